The molecule has 0 saturated heterocycles. The summed E-state index contributed by atoms with van der Waals surface area (Å²) in [6.07, 6.45) is 0. The topological polar surface area (TPSA) is 18.5 Å². The normalized spacial score (nSPS) is 16.4. The Morgan fingerprint density at radius 2 is 1.16 bits per heavy atom. The summed E-state index contributed by atoms with van der Waals surface area (Å²) >= 11 is -3.00. The van der Waals surface area contributed by atoms with Gasteiger partial charge in [-0.3, -0.25) is 0 Å². The van der Waals surface area contributed by atoms with E-state index in [-0.39, 0.29) is 5.41 Å². The van der Waals surface area contributed by atoms with Crippen molar-refractivity contribution in [2.24, 2.45) is 0 Å². The van der Waals surface area contributed by atoms with Gasteiger partial charge in [0.1, 0.15) is 0 Å². The van der Waals surface area contributed by atoms with Crippen LogP contribution in [0.4, 0.5) is 0 Å². The molecule has 3 aromatic carbocycles. The molecule has 0 N–H and O–H groups in total. The van der Waals surface area contributed by atoms with Crippen molar-refractivity contribution in [3.05, 3.63) is 84.4 Å². The van der Waals surface area contributed by atoms with Gasteiger partial charge in [0.25, 0.3) is 0 Å². The molecule has 0 saturated carbocycles. The van der Waals surface area contributed by atoms with E-state index in [2.05, 4.69) is 63.2 Å². The number of hydrogen-bond acceptors (Lipinski definition) is 2. The third-order valence-electron chi connectivity index (χ3n) is 4.33. The number of hydrogen-bond donors (Lipinski definition) is 0. The zero-order valence-corrected chi connectivity index (χ0v) is 16.4. The summed E-state index contributed by atoms with van der Waals surface area (Å²) in [5.41, 5.74) is 1.33. The Labute approximate surface area is 152 Å². The van der Waals surface area contributed by atoms with Gasteiger partial charge in [0, 0.05) is 0 Å². The molecule has 1 aliphatic rings. The Morgan fingerprint density at radius 1 is 0.640 bits per heavy atom. The maximum absolute atomic E-state index is 6.64. The van der Waals surface area contributed by atoms with E-state index in [4.69, 9.17) is 7.64 Å². The SMILES string of the molecule is CC(C)(C)c1ccc2c(c1)O[Se](c1ccccc1)(c1ccccc1)O2. The Hall–Kier alpha value is -2.22. The summed E-state index contributed by atoms with van der Waals surface area (Å²) < 4.78 is 15.5. The van der Waals surface area contributed by atoms with E-state index in [0.717, 1.165) is 20.4 Å². The Morgan fingerprint density at radius 3 is 1.68 bits per heavy atom. The first kappa shape index (κ1) is 16.3. The van der Waals surface area contributed by atoms with E-state index < -0.39 is 13.5 Å². The fourth-order valence-electron chi connectivity index (χ4n) is 2.91. The summed E-state index contributed by atoms with van der Waals surface area (Å²) in [6, 6.07) is 27.0. The molecule has 0 aliphatic carbocycles. The Kier molecular flexibility index (Phi) is 3.86. The molecule has 0 fully saturated rings. The maximum atomic E-state index is 6.64. The second-order valence-corrected chi connectivity index (χ2v) is 12.0. The summed E-state index contributed by atoms with van der Waals surface area (Å²) in [5.74, 6) is 1.71. The summed E-state index contributed by atoms with van der Waals surface area (Å²) in [7, 11) is 0. The van der Waals surface area contributed by atoms with Crippen molar-refractivity contribution in [2.75, 3.05) is 0 Å². The van der Waals surface area contributed by atoms with Crippen LogP contribution in [0.15, 0.2) is 78.9 Å². The standard InChI is InChI=1S/C22H22O2Se/c1-22(2,3)17-14-15-20-21(16-17)24-25(23-20,18-10-6-4-7-11-18)19-12-8-5-9-13-19/h4-16H,1-3H3. The summed E-state index contributed by atoms with van der Waals surface area (Å²) in [4.78, 5) is 0. The van der Waals surface area contributed by atoms with Gasteiger partial charge in [0.15, 0.2) is 0 Å². The molecule has 0 unspecified atom stereocenters. The quantitative estimate of drug-likeness (QED) is 0.609. The molecule has 3 heteroatoms. The fraction of sp³-hybridized carbons (Fsp3) is 0.182. The van der Waals surface area contributed by atoms with Gasteiger partial charge in [-0.05, 0) is 0 Å². The van der Waals surface area contributed by atoms with Crippen LogP contribution in [-0.2, 0) is 5.41 Å². The first-order chi connectivity index (χ1) is 12.0. The molecule has 0 spiro atoms. The first-order valence-corrected chi connectivity index (χ1v) is 11.6. The van der Waals surface area contributed by atoms with Gasteiger partial charge in [-0.2, -0.15) is 0 Å². The van der Waals surface area contributed by atoms with Crippen LogP contribution in [0.5, 0.6) is 11.5 Å². The van der Waals surface area contributed by atoms with E-state index >= 15 is 0 Å². The molecule has 2 nitrogen and oxygen atoms in total. The van der Waals surface area contributed by atoms with E-state index in [0.29, 0.717) is 0 Å². The van der Waals surface area contributed by atoms with Crippen molar-refractivity contribution in [2.45, 2.75) is 26.2 Å². The molecule has 0 amide bonds. The predicted molar refractivity (Wildman–Crippen MR) is 104 cm³/mol. The summed E-state index contributed by atoms with van der Waals surface area (Å²) in [5, 5.41) is 0. The van der Waals surface area contributed by atoms with Crippen molar-refractivity contribution in [3.63, 3.8) is 0 Å². The molecule has 0 radical (unpaired) electrons. The Bertz CT molecular complexity index is 843. The molecule has 128 valence electrons. The van der Waals surface area contributed by atoms with Gasteiger partial charge in [-0.25, -0.2) is 0 Å². The van der Waals surface area contributed by atoms with E-state index in [1.54, 1.807) is 0 Å². The van der Waals surface area contributed by atoms with E-state index in [9.17, 15) is 0 Å². The average molecular weight is 397 g/mol. The van der Waals surface area contributed by atoms with Gasteiger partial charge >= 0.3 is 152 Å². The van der Waals surface area contributed by atoms with Gasteiger partial charge in [0.05, 0.1) is 0 Å². The molecule has 4 rings (SSSR count). The first-order valence-electron chi connectivity index (χ1n) is 8.46. The molecule has 3 aromatic rings. The van der Waals surface area contributed by atoms with Crippen molar-refractivity contribution in [1.29, 1.82) is 0 Å². The number of fused-ring (bicyclic) bond motifs is 1. The average Bonchev–Trinajstić information content (AvgIpc) is 3.02. The second kappa shape index (κ2) is 5.94. The van der Waals surface area contributed by atoms with Crippen molar-refractivity contribution in [1.82, 2.24) is 0 Å². The summed E-state index contributed by atoms with van der Waals surface area (Å²) in [6.45, 7) is 6.64. The van der Waals surface area contributed by atoms with Crippen LogP contribution in [0.2, 0.25) is 0 Å². The third-order valence-corrected chi connectivity index (χ3v) is 9.82. The monoisotopic (exact) mass is 398 g/mol. The minimum absolute atomic E-state index is 0.0760. The molecule has 0 bridgehead atoms. The van der Waals surface area contributed by atoms with Crippen molar-refractivity contribution < 1.29 is 7.64 Å². The van der Waals surface area contributed by atoms with Crippen LogP contribution in [-0.4, -0.2) is 13.5 Å². The van der Waals surface area contributed by atoms with Crippen molar-refractivity contribution >= 4 is 22.4 Å². The zero-order valence-electron chi connectivity index (χ0n) is 14.7. The zero-order chi connectivity index (χ0) is 17.5. The molecule has 1 aliphatic heterocycles. The van der Waals surface area contributed by atoms with Crippen LogP contribution in [0.1, 0.15) is 26.3 Å². The number of rotatable bonds is 2. The Balaban J connectivity index is 1.85. The molecule has 25 heavy (non-hydrogen) atoms. The molecular weight excluding hydrogens is 375 g/mol. The molecular formula is C22H22O2Se. The van der Waals surface area contributed by atoms with Gasteiger partial charge < -0.3 is 0 Å². The minimum atomic E-state index is -3.00. The van der Waals surface area contributed by atoms with Gasteiger partial charge in [-0.15, -0.1) is 0 Å². The fourth-order valence-corrected chi connectivity index (χ4v) is 8.14. The van der Waals surface area contributed by atoms with Crippen LogP contribution in [0.25, 0.3) is 0 Å². The second-order valence-electron chi connectivity index (χ2n) is 7.21. The van der Waals surface area contributed by atoms with E-state index in [1.807, 2.05) is 36.4 Å². The van der Waals surface area contributed by atoms with Crippen LogP contribution >= 0.6 is 0 Å². The molecule has 0 aromatic heterocycles. The molecule has 1 heterocycles. The number of benzene rings is 3. The third kappa shape index (κ3) is 2.84. The van der Waals surface area contributed by atoms with Crippen LogP contribution in [0, 0.1) is 0 Å². The van der Waals surface area contributed by atoms with Crippen LogP contribution in [0.3, 0.4) is 0 Å². The van der Waals surface area contributed by atoms with Gasteiger partial charge in [0.2, 0.25) is 0 Å². The van der Waals surface area contributed by atoms with E-state index in [1.165, 1.54) is 5.56 Å². The van der Waals surface area contributed by atoms with Gasteiger partial charge in [-0.1, -0.05) is 0 Å². The van der Waals surface area contributed by atoms with Crippen molar-refractivity contribution in [3.8, 4) is 11.5 Å². The molecule has 0 atom stereocenters. The van der Waals surface area contributed by atoms with Crippen LogP contribution < -0.4 is 16.6 Å². The predicted octanol–water partition coefficient (Wildman–Crippen LogP) is 4.01.